The van der Waals surface area contributed by atoms with Crippen LogP contribution in [0, 0.1) is 5.92 Å². The molecule has 0 aromatic rings. The van der Waals surface area contributed by atoms with Crippen LogP contribution < -0.4 is 16.4 Å². The lowest BCUT2D eigenvalue weighted by molar-refractivity contribution is -0.128. The maximum Gasteiger partial charge on any atom is 0.236 e. The van der Waals surface area contributed by atoms with Gasteiger partial charge < -0.3 is 16.4 Å². The van der Waals surface area contributed by atoms with Crippen LogP contribution >= 0.6 is 0 Å². The zero-order valence-electron chi connectivity index (χ0n) is 7.51. The van der Waals surface area contributed by atoms with Crippen LogP contribution in [-0.4, -0.2) is 31.4 Å². The molecule has 1 fully saturated rings. The van der Waals surface area contributed by atoms with Crippen molar-refractivity contribution in [3.8, 4) is 0 Å². The van der Waals surface area contributed by atoms with Crippen LogP contribution in [0.3, 0.4) is 0 Å². The summed E-state index contributed by atoms with van der Waals surface area (Å²) in [6.07, 6.45) is 1.90. The Hall–Kier alpha value is -1.10. The third-order valence-corrected chi connectivity index (χ3v) is 2.10. The summed E-state index contributed by atoms with van der Waals surface area (Å²) in [5, 5.41) is 5.62. The molecular formula is C8H15N3O2. The molecule has 1 saturated heterocycles. The van der Waals surface area contributed by atoms with Crippen molar-refractivity contribution in [1.82, 2.24) is 10.6 Å². The van der Waals surface area contributed by atoms with E-state index in [1.54, 1.807) is 0 Å². The van der Waals surface area contributed by atoms with Gasteiger partial charge in [0, 0.05) is 6.54 Å². The molecule has 1 heterocycles. The summed E-state index contributed by atoms with van der Waals surface area (Å²) in [4.78, 5) is 21.7. The maximum atomic E-state index is 11.3. The Morgan fingerprint density at radius 3 is 2.85 bits per heavy atom. The molecule has 0 unspecified atom stereocenters. The van der Waals surface area contributed by atoms with Crippen LogP contribution in [-0.2, 0) is 9.59 Å². The quantitative estimate of drug-likeness (QED) is 0.505. The second kappa shape index (κ2) is 4.81. The number of hydrogen-bond acceptors (Lipinski definition) is 3. The molecule has 0 spiro atoms. The van der Waals surface area contributed by atoms with Crippen molar-refractivity contribution in [2.45, 2.75) is 12.8 Å². The molecule has 74 valence electrons. The van der Waals surface area contributed by atoms with Crippen molar-refractivity contribution < 1.29 is 9.59 Å². The van der Waals surface area contributed by atoms with E-state index in [0.29, 0.717) is 6.54 Å². The van der Waals surface area contributed by atoms with E-state index < -0.39 is 5.91 Å². The second-order valence-electron chi connectivity index (χ2n) is 3.23. The molecule has 0 aromatic heterocycles. The summed E-state index contributed by atoms with van der Waals surface area (Å²) in [6.45, 7) is 1.61. The molecule has 4 N–H and O–H groups in total. The Morgan fingerprint density at radius 2 is 2.31 bits per heavy atom. The average Bonchev–Trinajstić information content (AvgIpc) is 2.15. The minimum absolute atomic E-state index is 0.00639. The van der Waals surface area contributed by atoms with Crippen molar-refractivity contribution in [3.63, 3.8) is 0 Å². The highest BCUT2D eigenvalue weighted by atomic mass is 16.2. The highest BCUT2D eigenvalue weighted by molar-refractivity contribution is 5.85. The maximum absolute atomic E-state index is 11.3. The fourth-order valence-corrected chi connectivity index (χ4v) is 1.39. The third kappa shape index (κ3) is 3.42. The first-order valence-electron chi connectivity index (χ1n) is 4.47. The van der Waals surface area contributed by atoms with Crippen molar-refractivity contribution in [2.75, 3.05) is 19.6 Å². The highest BCUT2D eigenvalue weighted by Gasteiger charge is 2.20. The average molecular weight is 185 g/mol. The smallest absolute Gasteiger partial charge is 0.236 e. The summed E-state index contributed by atoms with van der Waals surface area (Å²) in [5.74, 6) is -0.587. The van der Waals surface area contributed by atoms with Crippen LogP contribution in [0.5, 0.6) is 0 Å². The van der Waals surface area contributed by atoms with Gasteiger partial charge in [0.2, 0.25) is 11.8 Å². The summed E-state index contributed by atoms with van der Waals surface area (Å²) in [6, 6.07) is 0. The third-order valence-electron chi connectivity index (χ3n) is 2.10. The normalized spacial score (nSPS) is 22.3. The molecule has 0 aliphatic carbocycles. The number of amides is 2. The van der Waals surface area contributed by atoms with E-state index in [9.17, 15) is 9.59 Å². The lowest BCUT2D eigenvalue weighted by atomic mass is 9.99. The van der Waals surface area contributed by atoms with Gasteiger partial charge in [0.25, 0.3) is 0 Å². The van der Waals surface area contributed by atoms with E-state index in [0.717, 1.165) is 19.4 Å². The Labute approximate surface area is 77.1 Å². The van der Waals surface area contributed by atoms with Crippen LogP contribution in [0.2, 0.25) is 0 Å². The predicted molar refractivity (Wildman–Crippen MR) is 47.8 cm³/mol. The number of rotatable bonds is 3. The van der Waals surface area contributed by atoms with Gasteiger partial charge in [-0.2, -0.15) is 0 Å². The highest BCUT2D eigenvalue weighted by Crippen LogP contribution is 2.09. The van der Waals surface area contributed by atoms with Crippen molar-refractivity contribution in [3.05, 3.63) is 0 Å². The summed E-state index contributed by atoms with van der Waals surface area (Å²) >= 11 is 0. The molecule has 5 heteroatoms. The van der Waals surface area contributed by atoms with Gasteiger partial charge in [-0.1, -0.05) is 0 Å². The van der Waals surface area contributed by atoms with Gasteiger partial charge in [0.1, 0.15) is 0 Å². The number of carbonyl (C=O) groups is 2. The molecule has 1 atom stereocenters. The number of nitrogens with two attached hydrogens (primary N) is 1. The first-order valence-corrected chi connectivity index (χ1v) is 4.47. The number of carbonyl (C=O) groups excluding carboxylic acids is 2. The lowest BCUT2D eigenvalue weighted by Crippen LogP contribution is -2.43. The largest absolute Gasteiger partial charge is 0.368 e. The van der Waals surface area contributed by atoms with Gasteiger partial charge in [-0.15, -0.1) is 0 Å². The minimum Gasteiger partial charge on any atom is -0.368 e. The SMILES string of the molecule is NC(=O)CNC(=O)[C@H]1CCCNC1. The van der Waals surface area contributed by atoms with E-state index in [4.69, 9.17) is 5.73 Å². The molecule has 0 bridgehead atoms. The monoisotopic (exact) mass is 185 g/mol. The van der Waals surface area contributed by atoms with Crippen LogP contribution in [0.25, 0.3) is 0 Å². The molecule has 0 aromatic carbocycles. The summed E-state index contributed by atoms with van der Waals surface area (Å²) in [5.41, 5.74) is 4.90. The number of primary amides is 1. The Balaban J connectivity index is 2.25. The molecule has 0 saturated carbocycles. The van der Waals surface area contributed by atoms with Crippen molar-refractivity contribution in [2.24, 2.45) is 11.7 Å². The van der Waals surface area contributed by atoms with Gasteiger partial charge in [0.15, 0.2) is 0 Å². The fraction of sp³-hybridized carbons (Fsp3) is 0.750. The summed E-state index contributed by atoms with van der Waals surface area (Å²) in [7, 11) is 0. The first-order chi connectivity index (χ1) is 6.20. The Morgan fingerprint density at radius 1 is 1.54 bits per heavy atom. The second-order valence-corrected chi connectivity index (χ2v) is 3.23. The van der Waals surface area contributed by atoms with Gasteiger partial charge in [-0.3, -0.25) is 9.59 Å². The fourth-order valence-electron chi connectivity index (χ4n) is 1.39. The number of piperidine rings is 1. The van der Waals surface area contributed by atoms with E-state index >= 15 is 0 Å². The molecule has 5 nitrogen and oxygen atoms in total. The molecule has 1 rings (SSSR count). The molecule has 0 radical (unpaired) electrons. The van der Waals surface area contributed by atoms with E-state index in [1.807, 2.05) is 0 Å². The van der Waals surface area contributed by atoms with E-state index in [1.165, 1.54) is 0 Å². The summed E-state index contributed by atoms with van der Waals surface area (Å²) < 4.78 is 0. The zero-order chi connectivity index (χ0) is 9.68. The number of nitrogens with one attached hydrogen (secondary N) is 2. The van der Waals surface area contributed by atoms with Gasteiger partial charge in [0.05, 0.1) is 12.5 Å². The molecule has 2 amide bonds. The van der Waals surface area contributed by atoms with Gasteiger partial charge in [-0.05, 0) is 19.4 Å². The van der Waals surface area contributed by atoms with Crippen LogP contribution in [0.15, 0.2) is 0 Å². The van der Waals surface area contributed by atoms with Gasteiger partial charge >= 0.3 is 0 Å². The number of hydrogen-bond donors (Lipinski definition) is 3. The molecule has 13 heavy (non-hydrogen) atoms. The van der Waals surface area contributed by atoms with Crippen LogP contribution in [0.4, 0.5) is 0 Å². The predicted octanol–water partition coefficient (Wildman–Crippen LogP) is -1.41. The standard InChI is InChI=1S/C8H15N3O2/c9-7(12)5-11-8(13)6-2-1-3-10-4-6/h6,10H,1-5H2,(H2,9,12)(H,11,13)/t6-/m0/s1. The van der Waals surface area contributed by atoms with Crippen LogP contribution in [0.1, 0.15) is 12.8 Å². The van der Waals surface area contributed by atoms with Crippen molar-refractivity contribution in [1.29, 1.82) is 0 Å². The topological polar surface area (TPSA) is 84.2 Å². The zero-order valence-corrected chi connectivity index (χ0v) is 7.51. The first kappa shape index (κ1) is 9.98. The molecular weight excluding hydrogens is 170 g/mol. The van der Waals surface area contributed by atoms with Gasteiger partial charge in [-0.25, -0.2) is 0 Å². The lowest BCUT2D eigenvalue weighted by Gasteiger charge is -2.21. The molecule has 1 aliphatic heterocycles. The van der Waals surface area contributed by atoms with E-state index in [2.05, 4.69) is 10.6 Å². The minimum atomic E-state index is -0.503. The van der Waals surface area contributed by atoms with Crippen molar-refractivity contribution >= 4 is 11.8 Å². The Bertz CT molecular complexity index is 200. The molecule has 1 aliphatic rings. The van der Waals surface area contributed by atoms with E-state index in [-0.39, 0.29) is 18.4 Å². The Kier molecular flexibility index (Phi) is 3.70.